The summed E-state index contributed by atoms with van der Waals surface area (Å²) in [5.74, 6) is -5.10. The van der Waals surface area contributed by atoms with Crippen LogP contribution in [0.1, 0.15) is 43.4 Å². The van der Waals surface area contributed by atoms with Crippen LogP contribution < -0.4 is 14.2 Å². The highest BCUT2D eigenvalue weighted by Crippen LogP contribution is 2.50. The topological polar surface area (TPSA) is 156 Å². The van der Waals surface area contributed by atoms with Gasteiger partial charge < -0.3 is 14.2 Å². The van der Waals surface area contributed by atoms with Gasteiger partial charge in [0.2, 0.25) is 27.7 Å². The molecule has 0 amide bonds. The van der Waals surface area contributed by atoms with Crippen LogP contribution in [0.2, 0.25) is 5.02 Å². The van der Waals surface area contributed by atoms with Gasteiger partial charge in [-0.3, -0.25) is 9.29 Å². The molecule has 37 heavy (non-hydrogen) atoms. The minimum Gasteiger partial charge on any atom is -0.479 e. The molecule has 1 unspecified atom stereocenters. The van der Waals surface area contributed by atoms with Crippen LogP contribution in [0.4, 0.5) is 14.7 Å². The first-order chi connectivity index (χ1) is 17.5. The summed E-state index contributed by atoms with van der Waals surface area (Å²) < 4.78 is 75.1. The zero-order valence-corrected chi connectivity index (χ0v) is 21.7. The van der Waals surface area contributed by atoms with Crippen LogP contribution in [-0.4, -0.2) is 75.6 Å². The molecule has 3 heterocycles. The van der Waals surface area contributed by atoms with Gasteiger partial charge in [-0.05, 0) is 13.3 Å². The maximum absolute atomic E-state index is 14.4. The Labute approximate surface area is 215 Å². The second kappa shape index (κ2) is 10.3. The van der Waals surface area contributed by atoms with Crippen LogP contribution >= 0.6 is 11.6 Å². The largest absolute Gasteiger partial charge is 0.479 e. The zero-order valence-electron chi connectivity index (χ0n) is 20.1. The Bertz CT molecular complexity index is 1350. The van der Waals surface area contributed by atoms with E-state index in [-0.39, 0.29) is 47.0 Å². The molecule has 0 bridgehead atoms. The van der Waals surface area contributed by atoms with Crippen molar-refractivity contribution < 1.29 is 31.4 Å². The fraction of sp³-hybridized carbons (Fsp3) is 0.500. The summed E-state index contributed by atoms with van der Waals surface area (Å²) in [7, 11) is -0.407. The van der Waals surface area contributed by atoms with E-state index in [9.17, 15) is 17.2 Å². The van der Waals surface area contributed by atoms with Gasteiger partial charge in [-0.2, -0.15) is 9.97 Å². The van der Waals surface area contributed by atoms with Crippen molar-refractivity contribution >= 4 is 27.6 Å². The second-order valence-corrected chi connectivity index (χ2v) is 10.6. The smallest absolute Gasteiger partial charge is 0.258 e. The van der Waals surface area contributed by atoms with Crippen LogP contribution in [0.25, 0.3) is 5.69 Å². The van der Waals surface area contributed by atoms with Gasteiger partial charge in [0, 0.05) is 25.9 Å². The van der Waals surface area contributed by atoms with Gasteiger partial charge in [0.25, 0.3) is 5.92 Å². The van der Waals surface area contributed by atoms with Crippen LogP contribution in [0, 0.1) is 0 Å². The third-order valence-electron chi connectivity index (χ3n) is 5.94. The number of ether oxygens (including phenoxy) is 3. The fourth-order valence-corrected chi connectivity index (χ4v) is 5.06. The molecule has 200 valence electrons. The molecule has 1 aliphatic rings. The number of sulfonamides is 1. The van der Waals surface area contributed by atoms with Gasteiger partial charge in [-0.15, -0.1) is 10.2 Å². The molecular weight excluding hydrogens is 538 g/mol. The number of anilines is 1. The molecule has 0 aliphatic heterocycles. The number of methoxy groups -OCH3 is 3. The molecule has 4 rings (SSSR count). The van der Waals surface area contributed by atoms with Crippen LogP contribution in [0.3, 0.4) is 0 Å². The monoisotopic (exact) mass is 560 g/mol. The molecule has 1 aliphatic carbocycles. The van der Waals surface area contributed by atoms with Crippen LogP contribution in [0.5, 0.6) is 11.8 Å². The minimum atomic E-state index is -4.30. The van der Waals surface area contributed by atoms with Gasteiger partial charge in [-0.25, -0.2) is 27.2 Å². The Morgan fingerprint density at radius 2 is 1.73 bits per heavy atom. The van der Waals surface area contributed by atoms with Crippen molar-refractivity contribution in [1.82, 2.24) is 34.7 Å². The molecule has 17 heteroatoms. The summed E-state index contributed by atoms with van der Waals surface area (Å²) in [6.45, 7) is 1.36. The highest BCUT2D eigenvalue weighted by molar-refractivity contribution is 7.93. The Morgan fingerprint density at radius 1 is 1.11 bits per heavy atom. The molecule has 0 saturated heterocycles. The molecule has 0 spiro atoms. The molecule has 1 saturated carbocycles. The highest BCUT2D eigenvalue weighted by Gasteiger charge is 2.52. The van der Waals surface area contributed by atoms with Crippen molar-refractivity contribution in [3.63, 3.8) is 0 Å². The molecule has 1 fully saturated rings. The summed E-state index contributed by atoms with van der Waals surface area (Å²) >= 11 is 5.83. The van der Waals surface area contributed by atoms with E-state index in [1.807, 2.05) is 0 Å². The van der Waals surface area contributed by atoms with Crippen molar-refractivity contribution in [2.24, 2.45) is 0 Å². The summed E-state index contributed by atoms with van der Waals surface area (Å²) in [6, 6.07) is 0. The van der Waals surface area contributed by atoms with E-state index in [4.69, 9.17) is 25.8 Å². The second-order valence-electron chi connectivity index (χ2n) is 8.08. The third kappa shape index (κ3) is 5.00. The average Bonchev–Trinajstić information content (AvgIpc) is 3.25. The zero-order chi connectivity index (χ0) is 27.0. The quantitative estimate of drug-likeness (QED) is 0.388. The van der Waals surface area contributed by atoms with E-state index in [1.54, 1.807) is 0 Å². The molecular formula is C20H23ClF2N8O5S. The van der Waals surface area contributed by atoms with Crippen molar-refractivity contribution in [3.8, 4) is 17.4 Å². The Morgan fingerprint density at radius 3 is 2.22 bits per heavy atom. The first-order valence-electron chi connectivity index (χ1n) is 10.8. The standard InChI is InChI=1S/C20H23ClF2N8O5S/c1-10(14(34-2)15-24-7-11(21)8-25-15)37(32,33)30-19-29-28-16(12-5-6-20(12,22)23)31(19)13-17(35-3)26-9-27-18(13)36-4/h7-10,12,14H,5-6H2,1-4H3,(H,29,30)/t10-,12?,14-/m0/s1. The van der Waals surface area contributed by atoms with E-state index in [0.29, 0.717) is 0 Å². The Hall–Kier alpha value is -3.24. The lowest BCUT2D eigenvalue weighted by Crippen LogP contribution is -2.38. The summed E-state index contributed by atoms with van der Waals surface area (Å²) in [6.07, 6.45) is 2.40. The summed E-state index contributed by atoms with van der Waals surface area (Å²) in [5.41, 5.74) is -0.0510. The summed E-state index contributed by atoms with van der Waals surface area (Å²) in [5, 5.41) is 6.78. The number of hydrogen-bond acceptors (Lipinski definition) is 11. The lowest BCUT2D eigenvalue weighted by atomic mass is 9.80. The van der Waals surface area contributed by atoms with Crippen LogP contribution in [-0.2, 0) is 14.8 Å². The van der Waals surface area contributed by atoms with Gasteiger partial charge in [0.05, 0.1) is 25.2 Å². The number of nitrogens with zero attached hydrogens (tertiary/aromatic N) is 7. The number of rotatable bonds is 10. The molecule has 3 aromatic rings. The van der Waals surface area contributed by atoms with Gasteiger partial charge >= 0.3 is 0 Å². The minimum absolute atomic E-state index is 0.0510. The fourth-order valence-electron chi connectivity index (χ4n) is 3.83. The normalized spacial score (nSPS) is 18.5. The van der Waals surface area contributed by atoms with E-state index < -0.39 is 39.2 Å². The number of hydrogen-bond donors (Lipinski definition) is 1. The molecule has 0 aromatic carbocycles. The SMILES string of the molecule is COc1ncnc(OC)c1-n1c(NS(=O)(=O)[C@@H](C)[C@H](OC)c2ncc(Cl)cn2)nnc1C1CCC1(F)F. The van der Waals surface area contributed by atoms with E-state index in [1.165, 1.54) is 40.6 Å². The maximum Gasteiger partial charge on any atom is 0.258 e. The third-order valence-corrected chi connectivity index (χ3v) is 7.83. The Kier molecular flexibility index (Phi) is 7.43. The van der Waals surface area contributed by atoms with E-state index in [2.05, 4.69) is 34.9 Å². The highest BCUT2D eigenvalue weighted by atomic mass is 35.5. The number of nitrogens with one attached hydrogen (secondary N) is 1. The molecule has 0 radical (unpaired) electrons. The number of alkyl halides is 2. The molecule has 3 atom stereocenters. The van der Waals surface area contributed by atoms with Crippen molar-refractivity contribution in [1.29, 1.82) is 0 Å². The first kappa shape index (κ1) is 26.8. The van der Waals surface area contributed by atoms with Crippen LogP contribution in [0.15, 0.2) is 18.7 Å². The lowest BCUT2D eigenvalue weighted by Gasteiger charge is -2.35. The average molecular weight is 561 g/mol. The van der Waals surface area contributed by atoms with Crippen molar-refractivity contribution in [2.45, 2.75) is 43.0 Å². The predicted molar refractivity (Wildman–Crippen MR) is 126 cm³/mol. The number of halogens is 3. The van der Waals surface area contributed by atoms with Gasteiger partial charge in [0.15, 0.2) is 11.5 Å². The number of aromatic nitrogens is 7. The van der Waals surface area contributed by atoms with Crippen molar-refractivity contribution in [2.75, 3.05) is 26.1 Å². The van der Waals surface area contributed by atoms with Crippen molar-refractivity contribution in [3.05, 3.63) is 35.4 Å². The first-order valence-corrected chi connectivity index (χ1v) is 12.7. The molecule has 1 N–H and O–H groups in total. The Balaban J connectivity index is 1.80. The van der Waals surface area contributed by atoms with E-state index in [0.717, 1.165) is 10.9 Å². The molecule has 3 aromatic heterocycles. The van der Waals surface area contributed by atoms with Gasteiger partial charge in [0.1, 0.15) is 23.5 Å². The maximum atomic E-state index is 14.4. The van der Waals surface area contributed by atoms with Gasteiger partial charge in [-0.1, -0.05) is 11.6 Å². The predicted octanol–water partition coefficient (Wildman–Crippen LogP) is 2.55. The lowest BCUT2D eigenvalue weighted by molar-refractivity contribution is -0.0994. The van der Waals surface area contributed by atoms with E-state index >= 15 is 0 Å². The molecule has 13 nitrogen and oxygen atoms in total. The summed E-state index contributed by atoms with van der Waals surface area (Å²) in [4.78, 5) is 16.1.